The number of benzene rings is 1. The highest BCUT2D eigenvalue weighted by Gasteiger charge is 2.33. The zero-order valence-electron chi connectivity index (χ0n) is 28.9. The van der Waals surface area contributed by atoms with Gasteiger partial charge >= 0.3 is 0 Å². The van der Waals surface area contributed by atoms with Crippen LogP contribution in [-0.2, 0) is 35.2 Å². The van der Waals surface area contributed by atoms with E-state index in [1.54, 1.807) is 0 Å². The van der Waals surface area contributed by atoms with Crippen molar-refractivity contribution in [1.82, 2.24) is 31.9 Å². The maximum absolute atomic E-state index is 13.8. The molecule has 1 aromatic carbocycles. The predicted octanol–water partition coefficient (Wildman–Crippen LogP) is 2.26. The highest BCUT2D eigenvalue weighted by molar-refractivity contribution is 5.97. The molecule has 5 atom stereocenters. The van der Waals surface area contributed by atoms with Crippen molar-refractivity contribution in [3.8, 4) is 0 Å². The normalized spacial score (nSPS) is 23.4. The van der Waals surface area contributed by atoms with E-state index >= 15 is 0 Å². The lowest BCUT2D eigenvalue weighted by molar-refractivity contribution is -0.136. The summed E-state index contributed by atoms with van der Waals surface area (Å²) in [6, 6.07) is 3.93. The fourth-order valence-electron chi connectivity index (χ4n) is 5.27. The fourth-order valence-corrected chi connectivity index (χ4v) is 5.27. The van der Waals surface area contributed by atoms with Gasteiger partial charge in [-0.3, -0.25) is 28.8 Å². The van der Waals surface area contributed by atoms with E-state index in [2.05, 4.69) is 38.8 Å². The molecule has 1 saturated heterocycles. The van der Waals surface area contributed by atoms with Gasteiger partial charge in [0.05, 0.1) is 0 Å². The van der Waals surface area contributed by atoms with Crippen molar-refractivity contribution in [2.24, 2.45) is 11.8 Å². The first kappa shape index (κ1) is 39.2. The molecule has 6 N–H and O–H groups in total. The first-order chi connectivity index (χ1) is 22.3. The Balaban J connectivity index is 2.48. The molecule has 2 rings (SSSR count). The van der Waals surface area contributed by atoms with Gasteiger partial charge in [-0.15, -0.1) is 0 Å². The van der Waals surface area contributed by atoms with Crippen LogP contribution in [0.15, 0.2) is 30.3 Å². The third kappa shape index (κ3) is 14.6. The van der Waals surface area contributed by atoms with Gasteiger partial charge in [-0.2, -0.15) is 0 Å². The maximum Gasteiger partial charge on any atom is 0.245 e. The minimum absolute atomic E-state index is 0.0176. The second kappa shape index (κ2) is 20.3. The average molecular weight is 657 g/mol. The summed E-state index contributed by atoms with van der Waals surface area (Å²) in [4.78, 5) is 80.5. The van der Waals surface area contributed by atoms with Crippen molar-refractivity contribution >= 4 is 35.4 Å². The second-order valence-corrected chi connectivity index (χ2v) is 13.4. The van der Waals surface area contributed by atoms with Crippen LogP contribution in [0.4, 0.5) is 0 Å². The number of amides is 6. The van der Waals surface area contributed by atoms with Gasteiger partial charge in [0.1, 0.15) is 30.2 Å². The van der Waals surface area contributed by atoms with E-state index in [1.165, 1.54) is 6.92 Å². The summed E-state index contributed by atoms with van der Waals surface area (Å²) >= 11 is 0. The molecule has 0 radical (unpaired) electrons. The lowest BCUT2D eigenvalue weighted by atomic mass is 10.00. The molecule has 12 nitrogen and oxygen atoms in total. The molecule has 1 aliphatic heterocycles. The molecule has 47 heavy (non-hydrogen) atoms. The minimum Gasteiger partial charge on any atom is -0.352 e. The Bertz CT molecular complexity index is 1190. The zero-order chi connectivity index (χ0) is 34.9. The molecular weight excluding hydrogens is 600 g/mol. The van der Waals surface area contributed by atoms with Gasteiger partial charge in [0.15, 0.2) is 0 Å². The Morgan fingerprint density at radius 2 is 1.40 bits per heavy atom. The predicted molar refractivity (Wildman–Crippen MR) is 181 cm³/mol. The van der Waals surface area contributed by atoms with E-state index in [0.717, 1.165) is 24.8 Å². The van der Waals surface area contributed by atoms with Gasteiger partial charge in [0, 0.05) is 19.4 Å². The van der Waals surface area contributed by atoms with Crippen molar-refractivity contribution < 1.29 is 28.8 Å². The molecule has 0 spiro atoms. The molecule has 0 bridgehead atoms. The number of carbonyl (C=O) groups is 6. The van der Waals surface area contributed by atoms with Gasteiger partial charge in [0.25, 0.3) is 0 Å². The van der Waals surface area contributed by atoms with Crippen molar-refractivity contribution in [1.29, 1.82) is 0 Å². The SMILES string of the molecule is CCCCCCC(=O)N[C@@H]1CNC(=O)[C@@H](CCC(C)C)NC(=O)[C@@H](C)NC(=O)[C@@H](CC(C)C)NC(=O)[C@@H](Cc2ccccc2)NC1=O. The lowest BCUT2D eigenvalue weighted by Gasteiger charge is -2.28. The summed E-state index contributed by atoms with van der Waals surface area (Å²) in [5.74, 6) is -2.94. The molecule has 0 saturated carbocycles. The largest absolute Gasteiger partial charge is 0.352 e. The van der Waals surface area contributed by atoms with E-state index in [4.69, 9.17) is 0 Å². The first-order valence-electron chi connectivity index (χ1n) is 17.1. The summed E-state index contributed by atoms with van der Waals surface area (Å²) < 4.78 is 0. The number of rotatable bonds is 13. The second-order valence-electron chi connectivity index (χ2n) is 13.4. The van der Waals surface area contributed by atoms with Crippen LogP contribution in [0.2, 0.25) is 0 Å². The van der Waals surface area contributed by atoms with Crippen LogP contribution in [-0.4, -0.2) is 72.2 Å². The minimum atomic E-state index is -1.19. The molecule has 1 heterocycles. The summed E-state index contributed by atoms with van der Waals surface area (Å²) in [5.41, 5.74) is 0.773. The number of unbranched alkanes of at least 4 members (excludes halogenated alkanes) is 3. The molecular formula is C35H56N6O6. The van der Waals surface area contributed by atoms with Gasteiger partial charge in [-0.1, -0.05) is 84.2 Å². The van der Waals surface area contributed by atoms with E-state index in [-0.39, 0.29) is 43.6 Å². The number of nitrogens with one attached hydrogen (secondary N) is 6. The Kier molecular flexibility index (Phi) is 17.0. The van der Waals surface area contributed by atoms with Crippen molar-refractivity contribution in [3.63, 3.8) is 0 Å². The van der Waals surface area contributed by atoms with E-state index < -0.39 is 59.7 Å². The average Bonchev–Trinajstić information content (AvgIpc) is 3.01. The van der Waals surface area contributed by atoms with Crippen molar-refractivity contribution in [3.05, 3.63) is 35.9 Å². The van der Waals surface area contributed by atoms with E-state index in [1.807, 2.05) is 58.0 Å². The van der Waals surface area contributed by atoms with Gasteiger partial charge in [0.2, 0.25) is 35.4 Å². The zero-order valence-corrected chi connectivity index (χ0v) is 28.9. The van der Waals surface area contributed by atoms with Crippen LogP contribution >= 0.6 is 0 Å². The topological polar surface area (TPSA) is 175 Å². The highest BCUT2D eigenvalue weighted by Crippen LogP contribution is 2.11. The number of hydrogen-bond acceptors (Lipinski definition) is 6. The standard InChI is InChI=1S/C35H56N6O6/c1-7-8-9-13-16-30(42)38-29-21-36-32(44)26(18-17-22(2)3)39-31(43)24(6)37-33(45)27(19-23(4)5)40-34(46)28(41-35(29)47)20-25-14-11-10-12-15-25/h10-12,14-15,22-24,26-29H,7-9,13,16-21H2,1-6H3,(H,36,44)(H,37,45)(H,38,42)(H,39,43)(H,40,46)(H,41,47)/t24-,26-,27-,28-,29-/m1/s1. The monoisotopic (exact) mass is 656 g/mol. The van der Waals surface area contributed by atoms with Gasteiger partial charge in [-0.25, -0.2) is 0 Å². The Labute approximate surface area is 279 Å². The molecule has 262 valence electrons. The van der Waals surface area contributed by atoms with Gasteiger partial charge in [-0.05, 0) is 50.0 Å². The van der Waals surface area contributed by atoms with Crippen molar-refractivity contribution in [2.45, 2.75) is 130 Å². The molecule has 1 aliphatic rings. The first-order valence-corrected chi connectivity index (χ1v) is 17.1. The maximum atomic E-state index is 13.8. The summed E-state index contributed by atoms with van der Waals surface area (Å²) in [6.07, 6.45) is 5.12. The third-order valence-electron chi connectivity index (χ3n) is 8.06. The Morgan fingerprint density at radius 3 is 2.04 bits per heavy atom. The molecule has 0 unspecified atom stereocenters. The molecule has 12 heteroatoms. The quantitative estimate of drug-likeness (QED) is 0.178. The van der Waals surface area contributed by atoms with Crippen LogP contribution in [0.5, 0.6) is 0 Å². The summed E-state index contributed by atoms with van der Waals surface area (Å²) in [7, 11) is 0. The Morgan fingerprint density at radius 1 is 0.766 bits per heavy atom. The van der Waals surface area contributed by atoms with Crippen molar-refractivity contribution in [2.75, 3.05) is 6.54 Å². The number of carbonyl (C=O) groups excluding carboxylic acids is 6. The van der Waals surface area contributed by atoms with Crippen LogP contribution in [0, 0.1) is 11.8 Å². The molecule has 6 amide bonds. The summed E-state index contributed by atoms with van der Waals surface area (Å²) in [6.45, 7) is 11.2. The molecule has 0 aliphatic carbocycles. The van der Waals surface area contributed by atoms with Crippen LogP contribution in [0.3, 0.4) is 0 Å². The third-order valence-corrected chi connectivity index (χ3v) is 8.06. The smallest absolute Gasteiger partial charge is 0.245 e. The van der Waals surface area contributed by atoms with Crippen LogP contribution in [0.25, 0.3) is 0 Å². The fraction of sp³-hybridized carbons (Fsp3) is 0.657. The van der Waals surface area contributed by atoms with Gasteiger partial charge < -0.3 is 31.9 Å². The van der Waals surface area contributed by atoms with Crippen LogP contribution < -0.4 is 31.9 Å². The highest BCUT2D eigenvalue weighted by atomic mass is 16.2. The van der Waals surface area contributed by atoms with Crippen LogP contribution in [0.1, 0.15) is 98.5 Å². The number of hydrogen-bond donors (Lipinski definition) is 6. The van der Waals surface area contributed by atoms with E-state index in [9.17, 15) is 28.8 Å². The van der Waals surface area contributed by atoms with E-state index in [0.29, 0.717) is 19.3 Å². The lowest BCUT2D eigenvalue weighted by Crippen LogP contribution is -2.61. The Hall–Kier alpha value is -3.96. The molecule has 1 fully saturated rings. The summed E-state index contributed by atoms with van der Waals surface area (Å²) in [5, 5.41) is 16.5. The molecule has 0 aromatic heterocycles. The molecule has 1 aromatic rings.